The molecule has 27 heavy (non-hydrogen) atoms. The van der Waals surface area contributed by atoms with Gasteiger partial charge in [0.25, 0.3) is 5.91 Å². The Bertz CT molecular complexity index is 963. The summed E-state index contributed by atoms with van der Waals surface area (Å²) < 4.78 is 16.0. The number of hydrogen-bond donors (Lipinski definition) is 0. The van der Waals surface area contributed by atoms with Crippen molar-refractivity contribution in [2.75, 3.05) is 27.3 Å². The van der Waals surface area contributed by atoms with Gasteiger partial charge in [-0.05, 0) is 24.3 Å². The van der Waals surface area contributed by atoms with Crippen molar-refractivity contribution < 1.29 is 18.8 Å². The summed E-state index contributed by atoms with van der Waals surface area (Å²) in [7, 11) is 3.16. The highest BCUT2D eigenvalue weighted by molar-refractivity contribution is 5.97. The van der Waals surface area contributed by atoms with Crippen LogP contribution in [0.4, 0.5) is 0 Å². The molecule has 1 aliphatic heterocycles. The summed E-state index contributed by atoms with van der Waals surface area (Å²) in [6.07, 6.45) is 0. The van der Waals surface area contributed by atoms with E-state index in [1.165, 1.54) is 0 Å². The Morgan fingerprint density at radius 3 is 2.44 bits per heavy atom. The molecule has 138 valence electrons. The average Bonchev–Trinajstić information content (AvgIpc) is 3.16. The molecule has 0 radical (unpaired) electrons. The number of amides is 1. The molecular weight excluding hydrogens is 346 g/mol. The second kappa shape index (κ2) is 7.11. The lowest BCUT2D eigenvalue weighted by Crippen LogP contribution is -2.48. The third-order valence-corrected chi connectivity index (χ3v) is 4.64. The molecule has 3 aromatic rings. The summed E-state index contributed by atoms with van der Waals surface area (Å²) in [4.78, 5) is 18.9. The summed E-state index contributed by atoms with van der Waals surface area (Å²) >= 11 is 0. The van der Waals surface area contributed by atoms with Crippen molar-refractivity contribution in [1.82, 2.24) is 15.0 Å². The molecule has 1 aliphatic rings. The molecular formula is C20H19N3O4. The lowest BCUT2D eigenvalue weighted by molar-refractivity contribution is 0.0566. The lowest BCUT2D eigenvalue weighted by Gasteiger charge is -2.37. The number of carbonyl (C=O) groups excluding carboxylic acids is 1. The first-order chi connectivity index (χ1) is 13.2. The number of carbonyl (C=O) groups is 1. The normalized spacial score (nSPS) is 13.9. The van der Waals surface area contributed by atoms with Crippen LogP contribution in [0.1, 0.15) is 22.2 Å². The zero-order chi connectivity index (χ0) is 18.8. The van der Waals surface area contributed by atoms with E-state index in [1.807, 2.05) is 36.4 Å². The zero-order valence-corrected chi connectivity index (χ0v) is 15.1. The maximum absolute atomic E-state index is 12.7. The molecule has 4 rings (SSSR count). The molecule has 0 unspecified atom stereocenters. The summed E-state index contributed by atoms with van der Waals surface area (Å²) in [5.41, 5.74) is 1.33. The minimum Gasteiger partial charge on any atom is -0.496 e. The minimum absolute atomic E-state index is 0.0274. The van der Waals surface area contributed by atoms with Crippen LogP contribution in [0.15, 0.2) is 53.1 Å². The number of benzene rings is 2. The highest BCUT2D eigenvalue weighted by Crippen LogP contribution is 2.32. The number of methoxy groups -OCH3 is 2. The van der Waals surface area contributed by atoms with Crippen molar-refractivity contribution in [3.05, 3.63) is 60.0 Å². The van der Waals surface area contributed by atoms with Gasteiger partial charge in [0.15, 0.2) is 0 Å². The standard InChI is InChI=1S/C20H19N3O4/c1-25-16-9-5-3-7-14(16)18-21-19(27-22-18)13-11-23(12-13)20(24)15-8-4-6-10-17(15)26-2/h3-10,13H,11-12H2,1-2H3. The Labute approximate surface area is 156 Å². The maximum Gasteiger partial charge on any atom is 0.257 e. The number of nitrogens with zero attached hydrogens (tertiary/aromatic N) is 3. The van der Waals surface area contributed by atoms with Gasteiger partial charge < -0.3 is 18.9 Å². The van der Waals surface area contributed by atoms with Crippen LogP contribution in [0.3, 0.4) is 0 Å². The van der Waals surface area contributed by atoms with Crippen LogP contribution < -0.4 is 9.47 Å². The molecule has 1 saturated heterocycles. The topological polar surface area (TPSA) is 77.7 Å². The van der Waals surface area contributed by atoms with E-state index in [0.29, 0.717) is 41.9 Å². The molecule has 0 saturated carbocycles. The van der Waals surface area contributed by atoms with E-state index in [2.05, 4.69) is 10.1 Å². The van der Waals surface area contributed by atoms with Gasteiger partial charge in [0.05, 0.1) is 31.3 Å². The molecule has 1 aromatic heterocycles. The van der Waals surface area contributed by atoms with Crippen molar-refractivity contribution in [1.29, 1.82) is 0 Å². The van der Waals surface area contributed by atoms with Gasteiger partial charge in [-0.25, -0.2) is 0 Å². The predicted octanol–water partition coefficient (Wildman–Crippen LogP) is 2.99. The van der Waals surface area contributed by atoms with Gasteiger partial charge in [0.2, 0.25) is 11.7 Å². The third kappa shape index (κ3) is 3.12. The Morgan fingerprint density at radius 1 is 1.04 bits per heavy atom. The number of likely N-dealkylation sites (tertiary alicyclic amines) is 1. The van der Waals surface area contributed by atoms with Gasteiger partial charge >= 0.3 is 0 Å². The molecule has 2 heterocycles. The molecule has 2 aromatic carbocycles. The predicted molar refractivity (Wildman–Crippen MR) is 97.9 cm³/mol. The van der Waals surface area contributed by atoms with Crippen LogP contribution in [0.25, 0.3) is 11.4 Å². The van der Waals surface area contributed by atoms with Gasteiger partial charge in [-0.2, -0.15) is 4.98 Å². The molecule has 7 nitrogen and oxygen atoms in total. The van der Waals surface area contributed by atoms with Crippen LogP contribution in [0.2, 0.25) is 0 Å². The van der Waals surface area contributed by atoms with Crippen LogP contribution in [-0.2, 0) is 0 Å². The highest BCUT2D eigenvalue weighted by Gasteiger charge is 2.37. The van der Waals surface area contributed by atoms with E-state index >= 15 is 0 Å². The first-order valence-electron chi connectivity index (χ1n) is 8.60. The first kappa shape index (κ1) is 17.1. The van der Waals surface area contributed by atoms with E-state index in [0.717, 1.165) is 5.56 Å². The lowest BCUT2D eigenvalue weighted by atomic mass is 9.98. The van der Waals surface area contributed by atoms with E-state index < -0.39 is 0 Å². The molecule has 0 N–H and O–H groups in total. The summed E-state index contributed by atoms with van der Waals surface area (Å²) in [5, 5.41) is 4.06. The maximum atomic E-state index is 12.7. The molecule has 0 atom stereocenters. The van der Waals surface area contributed by atoms with Crippen LogP contribution in [-0.4, -0.2) is 48.3 Å². The van der Waals surface area contributed by atoms with Crippen LogP contribution >= 0.6 is 0 Å². The van der Waals surface area contributed by atoms with Crippen molar-refractivity contribution in [3.63, 3.8) is 0 Å². The van der Waals surface area contributed by atoms with Crippen LogP contribution in [0.5, 0.6) is 11.5 Å². The summed E-state index contributed by atoms with van der Waals surface area (Å²) in [5.74, 6) is 2.23. The second-order valence-corrected chi connectivity index (χ2v) is 6.26. The van der Waals surface area contributed by atoms with Gasteiger partial charge in [0.1, 0.15) is 11.5 Å². The minimum atomic E-state index is -0.0619. The fraction of sp³-hybridized carbons (Fsp3) is 0.250. The smallest absolute Gasteiger partial charge is 0.257 e. The highest BCUT2D eigenvalue weighted by atomic mass is 16.5. The second-order valence-electron chi connectivity index (χ2n) is 6.26. The van der Waals surface area contributed by atoms with E-state index in [9.17, 15) is 4.79 Å². The van der Waals surface area contributed by atoms with Crippen molar-refractivity contribution in [2.24, 2.45) is 0 Å². The van der Waals surface area contributed by atoms with Crippen molar-refractivity contribution in [2.45, 2.75) is 5.92 Å². The molecule has 1 amide bonds. The SMILES string of the molecule is COc1ccccc1C(=O)N1CC(c2nc(-c3ccccc3OC)no2)C1. The fourth-order valence-electron chi connectivity index (χ4n) is 3.13. The number of aromatic nitrogens is 2. The van der Waals surface area contributed by atoms with Gasteiger partial charge in [-0.15, -0.1) is 0 Å². The molecule has 0 aliphatic carbocycles. The van der Waals surface area contributed by atoms with E-state index in [-0.39, 0.29) is 11.8 Å². The molecule has 0 spiro atoms. The Hall–Kier alpha value is -3.35. The first-order valence-corrected chi connectivity index (χ1v) is 8.60. The van der Waals surface area contributed by atoms with Crippen LogP contribution in [0, 0.1) is 0 Å². The van der Waals surface area contributed by atoms with Crippen molar-refractivity contribution >= 4 is 5.91 Å². The molecule has 1 fully saturated rings. The van der Waals surface area contributed by atoms with Gasteiger partial charge in [-0.3, -0.25) is 4.79 Å². The fourth-order valence-corrected chi connectivity index (χ4v) is 3.13. The third-order valence-electron chi connectivity index (χ3n) is 4.64. The Morgan fingerprint density at radius 2 is 1.70 bits per heavy atom. The number of para-hydroxylation sites is 2. The van der Waals surface area contributed by atoms with Gasteiger partial charge in [0, 0.05) is 13.1 Å². The summed E-state index contributed by atoms with van der Waals surface area (Å²) in [6.45, 7) is 1.06. The average molecular weight is 365 g/mol. The molecule has 7 heteroatoms. The Balaban J connectivity index is 1.46. The summed E-state index contributed by atoms with van der Waals surface area (Å²) in [6, 6.07) is 14.7. The quantitative estimate of drug-likeness (QED) is 0.692. The van der Waals surface area contributed by atoms with Crippen molar-refractivity contribution in [3.8, 4) is 22.9 Å². The van der Waals surface area contributed by atoms with E-state index in [4.69, 9.17) is 14.0 Å². The molecule has 0 bridgehead atoms. The monoisotopic (exact) mass is 365 g/mol. The Kier molecular flexibility index (Phi) is 4.50. The number of hydrogen-bond acceptors (Lipinski definition) is 6. The van der Waals surface area contributed by atoms with Gasteiger partial charge in [-0.1, -0.05) is 29.4 Å². The largest absolute Gasteiger partial charge is 0.496 e. The van der Waals surface area contributed by atoms with E-state index in [1.54, 1.807) is 31.3 Å². The number of rotatable bonds is 5. The number of ether oxygens (including phenoxy) is 2. The zero-order valence-electron chi connectivity index (χ0n) is 15.1.